The van der Waals surface area contributed by atoms with E-state index >= 15 is 0 Å². The Hall–Kier alpha value is -3.85. The number of phenolic OH excluding ortho intramolecular Hbond substituents is 1. The number of phenols is 1. The molecular formula is C28H35N5O4. The van der Waals surface area contributed by atoms with Crippen LogP contribution in [0.25, 0.3) is 11.3 Å². The van der Waals surface area contributed by atoms with Crippen molar-refractivity contribution < 1.29 is 19.4 Å². The number of carbonyl (C=O) groups is 1. The molecule has 2 heterocycles. The van der Waals surface area contributed by atoms with E-state index in [0.717, 1.165) is 25.2 Å². The maximum Gasteiger partial charge on any atom is 0.410 e. The summed E-state index contributed by atoms with van der Waals surface area (Å²) in [5.41, 5.74) is 8.93. The normalized spacial score (nSPS) is 14.4. The Morgan fingerprint density at radius 1 is 1.00 bits per heavy atom. The Balaban J connectivity index is 1.29. The molecule has 0 aliphatic carbocycles. The Labute approximate surface area is 217 Å². The minimum absolute atomic E-state index is 0.121. The second-order valence-corrected chi connectivity index (χ2v) is 10.2. The fraction of sp³-hybridized carbons (Fsp3) is 0.393. The van der Waals surface area contributed by atoms with Crippen LogP contribution in [0.2, 0.25) is 0 Å². The number of nitrogen functional groups attached to an aromatic ring is 1. The van der Waals surface area contributed by atoms with Gasteiger partial charge in [-0.25, -0.2) is 4.79 Å². The molecule has 0 radical (unpaired) electrons. The maximum atomic E-state index is 12.3. The van der Waals surface area contributed by atoms with Crippen molar-refractivity contribution in [3.8, 4) is 22.8 Å². The maximum absolute atomic E-state index is 12.3. The van der Waals surface area contributed by atoms with E-state index < -0.39 is 5.60 Å². The fourth-order valence-corrected chi connectivity index (χ4v) is 4.16. The van der Waals surface area contributed by atoms with E-state index in [1.807, 2.05) is 26.8 Å². The molecule has 0 bridgehead atoms. The quantitative estimate of drug-likeness (QED) is 0.493. The summed E-state index contributed by atoms with van der Waals surface area (Å²) in [6.45, 7) is 9.83. The molecule has 9 nitrogen and oxygen atoms in total. The van der Waals surface area contributed by atoms with Crippen molar-refractivity contribution in [2.24, 2.45) is 0 Å². The molecule has 0 saturated carbocycles. The zero-order chi connectivity index (χ0) is 26.4. The first kappa shape index (κ1) is 26.2. The molecule has 0 spiro atoms. The molecule has 0 atom stereocenters. The molecule has 37 heavy (non-hydrogen) atoms. The standard InChI is InChI=1S/C28H35N5O4/c1-28(2,3)37-27(35)33-14-12-32(13-15-33)19-21-8-6-7-20(17-21)11-16-36-25-18-23(30-31-26(25)29)22-9-4-5-10-24(22)34/h4-10,17-18,34H,11-16,19H2,1-3H3,(H2,29,31). The average molecular weight is 506 g/mol. The number of aromatic hydroxyl groups is 1. The van der Waals surface area contributed by atoms with Crippen LogP contribution in [0.15, 0.2) is 54.6 Å². The molecule has 1 amide bonds. The molecule has 1 aliphatic rings. The highest BCUT2D eigenvalue weighted by Gasteiger charge is 2.25. The first-order chi connectivity index (χ1) is 17.7. The molecule has 2 aromatic carbocycles. The number of benzene rings is 2. The van der Waals surface area contributed by atoms with Gasteiger partial charge in [0.15, 0.2) is 11.6 Å². The predicted molar refractivity (Wildman–Crippen MR) is 142 cm³/mol. The highest BCUT2D eigenvalue weighted by molar-refractivity contribution is 5.69. The van der Waals surface area contributed by atoms with Gasteiger partial charge in [-0.1, -0.05) is 36.4 Å². The van der Waals surface area contributed by atoms with Crippen LogP contribution in [0.3, 0.4) is 0 Å². The lowest BCUT2D eigenvalue weighted by Gasteiger charge is -2.35. The summed E-state index contributed by atoms with van der Waals surface area (Å²) < 4.78 is 11.4. The van der Waals surface area contributed by atoms with Crippen LogP contribution in [-0.4, -0.2) is 69.6 Å². The molecule has 3 aromatic rings. The summed E-state index contributed by atoms with van der Waals surface area (Å²) >= 11 is 0. The van der Waals surface area contributed by atoms with E-state index in [9.17, 15) is 9.90 Å². The number of anilines is 1. The van der Waals surface area contributed by atoms with E-state index in [2.05, 4.69) is 39.4 Å². The van der Waals surface area contributed by atoms with Gasteiger partial charge in [0, 0.05) is 50.8 Å². The number of rotatable bonds is 7. The number of hydrogen-bond acceptors (Lipinski definition) is 8. The van der Waals surface area contributed by atoms with Crippen molar-refractivity contribution in [3.05, 3.63) is 65.7 Å². The summed E-state index contributed by atoms with van der Waals surface area (Å²) in [5.74, 6) is 0.765. The monoisotopic (exact) mass is 505 g/mol. The smallest absolute Gasteiger partial charge is 0.410 e. The highest BCUT2D eigenvalue weighted by Crippen LogP contribution is 2.30. The minimum atomic E-state index is -0.481. The number of para-hydroxylation sites is 1. The van der Waals surface area contributed by atoms with Crippen molar-refractivity contribution in [3.63, 3.8) is 0 Å². The molecule has 0 unspecified atom stereocenters. The molecule has 1 fully saturated rings. The van der Waals surface area contributed by atoms with Crippen molar-refractivity contribution >= 4 is 11.9 Å². The van der Waals surface area contributed by atoms with Gasteiger partial charge in [-0.3, -0.25) is 4.90 Å². The zero-order valence-electron chi connectivity index (χ0n) is 21.7. The van der Waals surface area contributed by atoms with Gasteiger partial charge < -0.3 is 25.2 Å². The van der Waals surface area contributed by atoms with Crippen LogP contribution in [0, 0.1) is 0 Å². The Morgan fingerprint density at radius 2 is 1.73 bits per heavy atom. The van der Waals surface area contributed by atoms with Crippen LogP contribution in [0.5, 0.6) is 11.5 Å². The van der Waals surface area contributed by atoms with Crippen LogP contribution < -0.4 is 10.5 Å². The lowest BCUT2D eigenvalue weighted by molar-refractivity contribution is 0.0139. The third-order valence-corrected chi connectivity index (χ3v) is 6.04. The van der Waals surface area contributed by atoms with E-state index in [4.69, 9.17) is 15.2 Å². The summed E-state index contributed by atoms with van der Waals surface area (Å²) in [6, 6.07) is 17.1. The van der Waals surface area contributed by atoms with E-state index in [1.54, 1.807) is 29.2 Å². The summed E-state index contributed by atoms with van der Waals surface area (Å²) in [7, 11) is 0. The van der Waals surface area contributed by atoms with Gasteiger partial charge in [0.25, 0.3) is 0 Å². The predicted octanol–water partition coefficient (Wildman–Crippen LogP) is 4.11. The summed E-state index contributed by atoms with van der Waals surface area (Å²) in [6.07, 6.45) is 0.459. The summed E-state index contributed by atoms with van der Waals surface area (Å²) in [4.78, 5) is 16.4. The fourth-order valence-electron chi connectivity index (χ4n) is 4.16. The third-order valence-electron chi connectivity index (χ3n) is 6.04. The molecular weight excluding hydrogens is 470 g/mol. The number of carbonyl (C=O) groups excluding carboxylic acids is 1. The van der Waals surface area contributed by atoms with Gasteiger partial charge >= 0.3 is 6.09 Å². The van der Waals surface area contributed by atoms with E-state index in [0.29, 0.717) is 43.1 Å². The number of amides is 1. The first-order valence-electron chi connectivity index (χ1n) is 12.5. The Bertz CT molecular complexity index is 1220. The molecule has 9 heteroatoms. The zero-order valence-corrected chi connectivity index (χ0v) is 21.7. The topological polar surface area (TPSA) is 114 Å². The van der Waals surface area contributed by atoms with Crippen molar-refractivity contribution in [2.75, 3.05) is 38.5 Å². The van der Waals surface area contributed by atoms with Crippen LogP contribution in [0.1, 0.15) is 31.9 Å². The first-order valence-corrected chi connectivity index (χ1v) is 12.5. The van der Waals surface area contributed by atoms with Crippen LogP contribution in [0.4, 0.5) is 10.6 Å². The van der Waals surface area contributed by atoms with Gasteiger partial charge in [0.2, 0.25) is 0 Å². The van der Waals surface area contributed by atoms with Crippen molar-refractivity contribution in [1.29, 1.82) is 0 Å². The SMILES string of the molecule is CC(C)(C)OC(=O)N1CCN(Cc2cccc(CCOc3cc(-c4ccccc4O)nnc3N)c2)CC1. The molecule has 3 N–H and O–H groups in total. The number of nitrogens with two attached hydrogens (primary N) is 1. The third kappa shape index (κ3) is 7.33. The van der Waals surface area contributed by atoms with Gasteiger partial charge in [-0.2, -0.15) is 0 Å². The van der Waals surface area contributed by atoms with Crippen LogP contribution in [-0.2, 0) is 17.7 Å². The number of piperazine rings is 1. The second-order valence-electron chi connectivity index (χ2n) is 10.2. The molecule has 1 aromatic heterocycles. The molecule has 4 rings (SSSR count). The molecule has 196 valence electrons. The van der Waals surface area contributed by atoms with Gasteiger partial charge in [-0.05, 0) is 44.0 Å². The van der Waals surface area contributed by atoms with Gasteiger partial charge in [0.1, 0.15) is 17.0 Å². The average Bonchev–Trinajstić information content (AvgIpc) is 2.85. The Morgan fingerprint density at radius 3 is 2.46 bits per heavy atom. The minimum Gasteiger partial charge on any atom is -0.507 e. The highest BCUT2D eigenvalue weighted by atomic mass is 16.6. The number of nitrogens with zero attached hydrogens (tertiary/aromatic N) is 4. The van der Waals surface area contributed by atoms with E-state index in [1.165, 1.54) is 5.56 Å². The lowest BCUT2D eigenvalue weighted by Crippen LogP contribution is -2.49. The van der Waals surface area contributed by atoms with Crippen LogP contribution >= 0.6 is 0 Å². The molecule has 1 saturated heterocycles. The van der Waals surface area contributed by atoms with Crippen molar-refractivity contribution in [2.45, 2.75) is 39.3 Å². The molecule has 1 aliphatic heterocycles. The van der Waals surface area contributed by atoms with E-state index in [-0.39, 0.29) is 17.7 Å². The Kier molecular flexibility index (Phi) is 8.13. The largest absolute Gasteiger partial charge is 0.507 e. The van der Waals surface area contributed by atoms with Crippen molar-refractivity contribution in [1.82, 2.24) is 20.0 Å². The lowest BCUT2D eigenvalue weighted by atomic mass is 10.1. The number of ether oxygens (including phenoxy) is 2. The number of hydrogen-bond donors (Lipinski definition) is 2. The van der Waals surface area contributed by atoms with Gasteiger partial charge in [-0.15, -0.1) is 10.2 Å². The second kappa shape index (κ2) is 11.5. The number of aromatic nitrogens is 2. The summed E-state index contributed by atoms with van der Waals surface area (Å²) in [5, 5.41) is 18.2. The van der Waals surface area contributed by atoms with Gasteiger partial charge in [0.05, 0.1) is 6.61 Å².